The topological polar surface area (TPSA) is 3.24 Å². The van der Waals surface area contributed by atoms with Crippen molar-refractivity contribution in [2.75, 3.05) is 4.90 Å². The first kappa shape index (κ1) is 36.4. The number of anilines is 3. The van der Waals surface area contributed by atoms with Gasteiger partial charge in [0.25, 0.3) is 0 Å². The van der Waals surface area contributed by atoms with Crippen LogP contribution in [0.3, 0.4) is 0 Å². The molecule has 0 N–H and O–H groups in total. The zero-order valence-electron chi connectivity index (χ0n) is 34.9. The average molecular weight is 772 g/mol. The summed E-state index contributed by atoms with van der Waals surface area (Å²) < 4.78 is 0. The summed E-state index contributed by atoms with van der Waals surface area (Å²) in [5.41, 5.74) is 18.6. The van der Waals surface area contributed by atoms with Crippen LogP contribution in [-0.4, -0.2) is 0 Å². The maximum atomic E-state index is 2.59. The zero-order chi connectivity index (χ0) is 40.6. The van der Waals surface area contributed by atoms with Crippen molar-refractivity contribution < 1.29 is 0 Å². The molecule has 9 aromatic rings. The Labute approximate surface area is 354 Å². The van der Waals surface area contributed by atoms with E-state index in [9.17, 15) is 0 Å². The van der Waals surface area contributed by atoms with Crippen molar-refractivity contribution in [3.63, 3.8) is 0 Å². The molecule has 1 atom stereocenters. The number of hydrogen-bond acceptors (Lipinski definition) is 1. The summed E-state index contributed by atoms with van der Waals surface area (Å²) in [5.74, 6) is 0.362. The van der Waals surface area contributed by atoms with Crippen molar-refractivity contribution in [3.8, 4) is 22.3 Å². The van der Waals surface area contributed by atoms with Crippen LogP contribution in [0.25, 0.3) is 43.8 Å². The molecule has 2 aliphatic carbocycles. The molecule has 0 saturated carbocycles. The molecular weight excluding hydrogens is 723 g/mol. The third-order valence-electron chi connectivity index (χ3n) is 13.9. The van der Waals surface area contributed by atoms with Crippen LogP contribution in [0.4, 0.5) is 17.1 Å². The van der Waals surface area contributed by atoms with Crippen LogP contribution in [0.2, 0.25) is 0 Å². The summed E-state index contributed by atoms with van der Waals surface area (Å²) in [7, 11) is 0. The fourth-order valence-electron chi connectivity index (χ4n) is 10.8. The van der Waals surface area contributed by atoms with Crippen molar-refractivity contribution in [2.45, 2.75) is 57.3 Å². The first-order valence-electron chi connectivity index (χ1n) is 21.6. The average Bonchev–Trinajstić information content (AvgIpc) is 3.65. The lowest BCUT2D eigenvalue weighted by Crippen LogP contribution is -2.18. The molecule has 0 amide bonds. The lowest BCUT2D eigenvalue weighted by molar-refractivity contribution is 0.649. The van der Waals surface area contributed by atoms with Gasteiger partial charge in [0.15, 0.2) is 0 Å². The number of para-hydroxylation sites is 2. The van der Waals surface area contributed by atoms with E-state index < -0.39 is 0 Å². The Bertz CT molecular complexity index is 3030. The molecular formula is C59H49N. The maximum Gasteiger partial charge on any atom is 0.0543 e. The summed E-state index contributed by atoms with van der Waals surface area (Å²) in [5, 5.41) is 5.30. The monoisotopic (exact) mass is 771 g/mol. The van der Waals surface area contributed by atoms with Gasteiger partial charge in [-0.15, -0.1) is 0 Å². The minimum Gasteiger partial charge on any atom is -0.310 e. The van der Waals surface area contributed by atoms with E-state index in [1.807, 2.05) is 0 Å². The van der Waals surface area contributed by atoms with E-state index >= 15 is 0 Å². The van der Waals surface area contributed by atoms with E-state index in [-0.39, 0.29) is 10.8 Å². The lowest BCUT2D eigenvalue weighted by atomic mass is 9.78. The Morgan fingerprint density at radius 1 is 0.400 bits per heavy atom. The Morgan fingerprint density at radius 3 is 1.38 bits per heavy atom. The van der Waals surface area contributed by atoms with Crippen molar-refractivity contribution in [2.24, 2.45) is 0 Å². The normalized spacial score (nSPS) is 14.7. The van der Waals surface area contributed by atoms with Gasteiger partial charge < -0.3 is 4.90 Å². The molecule has 2 aliphatic rings. The van der Waals surface area contributed by atoms with Gasteiger partial charge in [-0.1, -0.05) is 179 Å². The molecule has 0 saturated heterocycles. The summed E-state index contributed by atoms with van der Waals surface area (Å²) >= 11 is 0. The molecule has 290 valence electrons. The largest absolute Gasteiger partial charge is 0.310 e. The lowest BCUT2D eigenvalue weighted by Gasteiger charge is -2.29. The Hall–Kier alpha value is -6.70. The van der Waals surface area contributed by atoms with E-state index in [0.717, 1.165) is 24.2 Å². The second-order valence-electron chi connectivity index (χ2n) is 18.1. The summed E-state index contributed by atoms with van der Waals surface area (Å²) in [4.78, 5) is 2.44. The number of nitrogens with zero attached hydrogens (tertiary/aromatic N) is 1. The molecule has 0 bridgehead atoms. The first-order chi connectivity index (χ1) is 29.3. The van der Waals surface area contributed by atoms with Crippen LogP contribution < -0.4 is 4.90 Å². The van der Waals surface area contributed by atoms with Crippen molar-refractivity contribution in [1.82, 2.24) is 0 Å². The molecule has 1 nitrogen and oxygen atoms in total. The smallest absolute Gasteiger partial charge is 0.0543 e. The van der Waals surface area contributed by atoms with Gasteiger partial charge in [0.2, 0.25) is 0 Å². The Kier molecular flexibility index (Phi) is 8.46. The van der Waals surface area contributed by atoms with Gasteiger partial charge in [0.1, 0.15) is 0 Å². The highest BCUT2D eigenvalue weighted by Crippen LogP contribution is 2.60. The maximum absolute atomic E-state index is 2.59. The van der Waals surface area contributed by atoms with Crippen molar-refractivity contribution in [1.29, 1.82) is 0 Å². The summed E-state index contributed by atoms with van der Waals surface area (Å²) in [6.45, 7) is 9.80. The molecule has 0 radical (unpaired) electrons. The van der Waals surface area contributed by atoms with Crippen LogP contribution >= 0.6 is 0 Å². The second kappa shape index (κ2) is 14.0. The fraction of sp³-hybridized carbons (Fsp3) is 0.153. The summed E-state index contributed by atoms with van der Waals surface area (Å²) in [6, 6.07) is 72.4. The molecule has 0 aliphatic heterocycles. The predicted molar refractivity (Wildman–Crippen MR) is 254 cm³/mol. The standard InChI is InChI=1S/C59H49N/c1-58(2)51-37-50-52(59(3,4)54-38-55(46-30-18-20-32-48(46)57(50)54)60(43-25-13-7-14-26-43)44-27-15-8-16-28-44)36-49(51)56-47-31-19-17-29-45(47)42(35-53(56)58)34-41(40-23-11-6-12-24-40)33-39-21-9-5-10-22-39/h5-32,35-38,41H,33-34H2,1-4H3. The first-order valence-corrected chi connectivity index (χ1v) is 21.6. The minimum absolute atomic E-state index is 0.180. The number of fused-ring (bicyclic) bond motifs is 10. The molecule has 9 aromatic carbocycles. The highest BCUT2D eigenvalue weighted by molar-refractivity contribution is 6.11. The Balaban J connectivity index is 1.08. The van der Waals surface area contributed by atoms with Crippen LogP contribution in [0, 0.1) is 0 Å². The predicted octanol–water partition coefficient (Wildman–Crippen LogP) is 15.6. The van der Waals surface area contributed by atoms with Gasteiger partial charge in [-0.2, -0.15) is 0 Å². The van der Waals surface area contributed by atoms with Crippen molar-refractivity contribution >= 4 is 38.6 Å². The van der Waals surface area contributed by atoms with Crippen LogP contribution in [0.5, 0.6) is 0 Å². The summed E-state index contributed by atoms with van der Waals surface area (Å²) in [6.07, 6.45) is 1.98. The third-order valence-corrected chi connectivity index (χ3v) is 13.9. The molecule has 0 fully saturated rings. The van der Waals surface area contributed by atoms with E-state index in [1.54, 1.807) is 0 Å². The Morgan fingerprint density at radius 2 is 0.833 bits per heavy atom. The van der Waals surface area contributed by atoms with Crippen molar-refractivity contribution in [3.05, 3.63) is 233 Å². The van der Waals surface area contributed by atoms with Crippen LogP contribution in [-0.2, 0) is 23.7 Å². The molecule has 1 unspecified atom stereocenters. The van der Waals surface area contributed by atoms with E-state index in [2.05, 4.69) is 227 Å². The van der Waals surface area contributed by atoms with E-state index in [1.165, 1.54) is 88.4 Å². The van der Waals surface area contributed by atoms with Gasteiger partial charge in [0, 0.05) is 27.6 Å². The number of rotatable bonds is 8. The molecule has 0 aromatic heterocycles. The molecule has 0 spiro atoms. The minimum atomic E-state index is -0.222. The fourth-order valence-corrected chi connectivity index (χ4v) is 10.8. The van der Waals surface area contributed by atoms with Gasteiger partial charge >= 0.3 is 0 Å². The SMILES string of the molecule is CC1(C)c2cc3c(cc2-c2c1cc(CC(Cc1ccccc1)c1ccccc1)c1ccccc21)C(C)(C)c1cc(N(c2ccccc2)c2ccccc2)c2ccccc2c1-3. The van der Waals surface area contributed by atoms with Gasteiger partial charge in [0.05, 0.1) is 5.69 Å². The third kappa shape index (κ3) is 5.67. The van der Waals surface area contributed by atoms with Gasteiger partial charge in [-0.3, -0.25) is 0 Å². The molecule has 11 rings (SSSR count). The number of benzene rings is 9. The van der Waals surface area contributed by atoms with E-state index in [4.69, 9.17) is 0 Å². The highest BCUT2D eigenvalue weighted by Gasteiger charge is 2.43. The number of hydrogen-bond donors (Lipinski definition) is 0. The van der Waals surface area contributed by atoms with E-state index in [0.29, 0.717) is 5.92 Å². The van der Waals surface area contributed by atoms with Crippen LogP contribution in [0.15, 0.2) is 194 Å². The van der Waals surface area contributed by atoms with Gasteiger partial charge in [-0.25, -0.2) is 0 Å². The zero-order valence-corrected chi connectivity index (χ0v) is 34.9. The highest BCUT2D eigenvalue weighted by atomic mass is 15.1. The molecule has 1 heteroatoms. The second-order valence-corrected chi connectivity index (χ2v) is 18.1. The molecule has 0 heterocycles. The van der Waals surface area contributed by atoms with Crippen LogP contribution in [0.1, 0.15) is 72.6 Å². The molecule has 60 heavy (non-hydrogen) atoms. The van der Waals surface area contributed by atoms with Gasteiger partial charge in [-0.05, 0) is 139 Å². The quantitative estimate of drug-likeness (QED) is 0.149.